The molecule has 0 fully saturated rings. The molecule has 0 saturated heterocycles. The van der Waals surface area contributed by atoms with Crippen LogP contribution in [0, 0.1) is 0 Å². The lowest BCUT2D eigenvalue weighted by atomic mass is 10.1. The number of guanidine groups is 1. The maximum Gasteiger partial charge on any atom is 0.193 e. The molecule has 3 N–H and O–H groups in total. The van der Waals surface area contributed by atoms with Crippen LogP contribution in [0.15, 0.2) is 23.2 Å². The van der Waals surface area contributed by atoms with Gasteiger partial charge in [-0.05, 0) is 48.8 Å². The summed E-state index contributed by atoms with van der Waals surface area (Å²) in [6.45, 7) is 0.769. The van der Waals surface area contributed by atoms with Crippen LogP contribution in [-0.4, -0.2) is 24.5 Å². The van der Waals surface area contributed by atoms with Gasteiger partial charge in [0.1, 0.15) is 0 Å². The van der Waals surface area contributed by atoms with Crippen molar-refractivity contribution in [2.24, 2.45) is 10.7 Å². The number of halogens is 1. The van der Waals surface area contributed by atoms with Gasteiger partial charge in [-0.2, -0.15) is 11.8 Å². The molecule has 0 radical (unpaired) electrons. The van der Waals surface area contributed by atoms with Crippen molar-refractivity contribution in [3.05, 3.63) is 29.3 Å². The van der Waals surface area contributed by atoms with E-state index in [1.807, 2.05) is 0 Å². The summed E-state index contributed by atoms with van der Waals surface area (Å²) in [6, 6.07) is 6.47. The molecule has 0 unspecified atom stereocenters. The van der Waals surface area contributed by atoms with E-state index in [0.29, 0.717) is 5.96 Å². The van der Waals surface area contributed by atoms with Crippen molar-refractivity contribution in [2.75, 3.05) is 23.9 Å². The number of rotatable bonds is 4. The highest BCUT2D eigenvalue weighted by atomic mass is 127. The quantitative estimate of drug-likeness (QED) is 0.367. The molecule has 0 bridgehead atoms. The number of hydrogen-bond donors (Lipinski definition) is 2. The van der Waals surface area contributed by atoms with Crippen LogP contribution in [0.4, 0.5) is 5.69 Å². The lowest BCUT2D eigenvalue weighted by Gasteiger charge is -2.07. The normalized spacial score (nSPS) is 13.9. The number of nitrogens with zero attached hydrogens (tertiary/aromatic N) is 1. The van der Waals surface area contributed by atoms with Gasteiger partial charge in [0.25, 0.3) is 0 Å². The van der Waals surface area contributed by atoms with E-state index < -0.39 is 0 Å². The number of thioether (sulfide) groups is 1. The summed E-state index contributed by atoms with van der Waals surface area (Å²) in [5.41, 5.74) is 9.80. The minimum absolute atomic E-state index is 0. The molecule has 1 aromatic rings. The summed E-state index contributed by atoms with van der Waals surface area (Å²) in [5.74, 6) is 1.52. The zero-order valence-electron chi connectivity index (χ0n) is 10.6. The van der Waals surface area contributed by atoms with E-state index in [2.05, 4.69) is 34.8 Å². The highest BCUT2D eigenvalue weighted by molar-refractivity contribution is 14.0. The molecule has 0 amide bonds. The van der Waals surface area contributed by atoms with Gasteiger partial charge < -0.3 is 11.1 Å². The predicted molar refractivity (Wildman–Crippen MR) is 92.4 cm³/mol. The molecule has 2 rings (SSSR count). The maximum absolute atomic E-state index is 5.82. The number of hydrogen-bond acceptors (Lipinski definition) is 2. The second-order valence-corrected chi connectivity index (χ2v) is 5.21. The Kier molecular flexibility index (Phi) is 6.85. The molecule has 100 valence electrons. The third-order valence-corrected chi connectivity index (χ3v) is 3.54. The van der Waals surface area contributed by atoms with Gasteiger partial charge in [0.2, 0.25) is 0 Å². The molecule has 0 spiro atoms. The van der Waals surface area contributed by atoms with Crippen LogP contribution in [0.25, 0.3) is 0 Å². The van der Waals surface area contributed by atoms with Gasteiger partial charge in [-0.15, -0.1) is 24.0 Å². The van der Waals surface area contributed by atoms with E-state index in [-0.39, 0.29) is 24.0 Å². The number of benzene rings is 1. The topological polar surface area (TPSA) is 50.4 Å². The van der Waals surface area contributed by atoms with Crippen LogP contribution in [0.1, 0.15) is 17.5 Å². The van der Waals surface area contributed by atoms with Crippen LogP contribution in [0.2, 0.25) is 0 Å². The van der Waals surface area contributed by atoms with Crippen molar-refractivity contribution < 1.29 is 0 Å². The molecule has 18 heavy (non-hydrogen) atoms. The van der Waals surface area contributed by atoms with Gasteiger partial charge in [-0.25, -0.2) is 0 Å². The largest absolute Gasteiger partial charge is 0.370 e. The van der Waals surface area contributed by atoms with E-state index in [1.54, 1.807) is 11.8 Å². The maximum atomic E-state index is 5.82. The number of nitrogens with one attached hydrogen (secondary N) is 1. The molecule has 1 aliphatic rings. The minimum atomic E-state index is 0. The van der Waals surface area contributed by atoms with Crippen LogP contribution < -0.4 is 11.1 Å². The number of anilines is 1. The summed E-state index contributed by atoms with van der Waals surface area (Å²) in [6.07, 6.45) is 5.75. The summed E-state index contributed by atoms with van der Waals surface area (Å²) in [7, 11) is 0. The van der Waals surface area contributed by atoms with Crippen molar-refractivity contribution in [2.45, 2.75) is 19.3 Å². The standard InChI is InChI=1S/C13H19N3S.HI/c1-17-8-7-15-13(14)16-12-6-5-10-3-2-4-11(10)9-12;/h5-6,9H,2-4,7-8H2,1H3,(H3,14,15,16);1H. The van der Waals surface area contributed by atoms with Crippen molar-refractivity contribution >= 4 is 47.4 Å². The average Bonchev–Trinajstić information content (AvgIpc) is 2.76. The second kappa shape index (κ2) is 7.89. The molecule has 1 aliphatic carbocycles. The molecule has 0 aromatic heterocycles. The Bertz CT molecular complexity index is 421. The third-order valence-electron chi connectivity index (χ3n) is 2.95. The van der Waals surface area contributed by atoms with E-state index in [1.165, 1.54) is 30.4 Å². The third kappa shape index (κ3) is 4.35. The van der Waals surface area contributed by atoms with Crippen LogP contribution in [-0.2, 0) is 12.8 Å². The zero-order chi connectivity index (χ0) is 12.1. The number of fused-ring (bicyclic) bond motifs is 1. The molecule has 0 heterocycles. The first-order chi connectivity index (χ1) is 8.29. The van der Waals surface area contributed by atoms with Crippen LogP contribution >= 0.6 is 35.7 Å². The molecule has 5 heteroatoms. The first-order valence-corrected chi connectivity index (χ1v) is 7.36. The molecular formula is C13H20IN3S. The Labute approximate surface area is 130 Å². The first-order valence-electron chi connectivity index (χ1n) is 5.97. The Morgan fingerprint density at radius 2 is 2.17 bits per heavy atom. The van der Waals surface area contributed by atoms with E-state index >= 15 is 0 Å². The first kappa shape index (κ1) is 15.6. The van der Waals surface area contributed by atoms with Gasteiger partial charge >= 0.3 is 0 Å². The van der Waals surface area contributed by atoms with Crippen LogP contribution in [0.3, 0.4) is 0 Å². The van der Waals surface area contributed by atoms with Gasteiger partial charge in [0, 0.05) is 11.4 Å². The molecule has 0 atom stereocenters. The van der Waals surface area contributed by atoms with Gasteiger partial charge in [-0.1, -0.05) is 6.07 Å². The molecule has 1 aromatic carbocycles. The fourth-order valence-corrected chi connectivity index (χ4v) is 2.37. The molecule has 0 aliphatic heterocycles. The molecular weight excluding hydrogens is 357 g/mol. The monoisotopic (exact) mass is 377 g/mol. The second-order valence-electron chi connectivity index (χ2n) is 4.22. The number of nitrogens with two attached hydrogens (primary N) is 1. The highest BCUT2D eigenvalue weighted by Gasteiger charge is 2.10. The highest BCUT2D eigenvalue weighted by Crippen LogP contribution is 2.24. The van der Waals surface area contributed by atoms with Crippen molar-refractivity contribution in [1.82, 2.24) is 0 Å². The van der Waals surface area contributed by atoms with E-state index in [4.69, 9.17) is 5.73 Å². The van der Waals surface area contributed by atoms with Crippen LogP contribution in [0.5, 0.6) is 0 Å². The van der Waals surface area contributed by atoms with E-state index in [9.17, 15) is 0 Å². The number of aryl methyl sites for hydroxylation is 2. The van der Waals surface area contributed by atoms with Gasteiger partial charge in [0.05, 0.1) is 6.54 Å². The fraction of sp³-hybridized carbons (Fsp3) is 0.462. The zero-order valence-corrected chi connectivity index (χ0v) is 13.8. The summed E-state index contributed by atoms with van der Waals surface area (Å²) in [4.78, 5) is 4.27. The molecule has 0 saturated carbocycles. The summed E-state index contributed by atoms with van der Waals surface area (Å²) in [5, 5.41) is 3.15. The van der Waals surface area contributed by atoms with Crippen molar-refractivity contribution in [1.29, 1.82) is 0 Å². The Hall–Kier alpha value is -0.430. The van der Waals surface area contributed by atoms with Gasteiger partial charge in [-0.3, -0.25) is 4.99 Å². The summed E-state index contributed by atoms with van der Waals surface area (Å²) >= 11 is 1.78. The minimum Gasteiger partial charge on any atom is -0.370 e. The molecule has 3 nitrogen and oxygen atoms in total. The van der Waals surface area contributed by atoms with Gasteiger partial charge in [0.15, 0.2) is 5.96 Å². The summed E-state index contributed by atoms with van der Waals surface area (Å²) < 4.78 is 0. The predicted octanol–water partition coefficient (Wildman–Crippen LogP) is 2.88. The Morgan fingerprint density at radius 3 is 2.94 bits per heavy atom. The van der Waals surface area contributed by atoms with E-state index in [0.717, 1.165) is 18.0 Å². The Balaban J connectivity index is 0.00000162. The number of aliphatic imine (C=N–C) groups is 1. The Morgan fingerprint density at radius 1 is 1.39 bits per heavy atom. The lowest BCUT2D eigenvalue weighted by molar-refractivity contribution is 0.912. The smallest absolute Gasteiger partial charge is 0.193 e. The fourth-order valence-electron chi connectivity index (χ4n) is 2.09. The average molecular weight is 377 g/mol. The SMILES string of the molecule is CSCCN=C(N)Nc1ccc2c(c1)CCC2.I. The van der Waals surface area contributed by atoms with Crippen molar-refractivity contribution in [3.8, 4) is 0 Å². The van der Waals surface area contributed by atoms with Crippen molar-refractivity contribution in [3.63, 3.8) is 0 Å². The lowest BCUT2D eigenvalue weighted by Crippen LogP contribution is -2.23.